The van der Waals surface area contributed by atoms with Crippen molar-refractivity contribution in [3.63, 3.8) is 0 Å². The number of anilines is 1. The van der Waals surface area contributed by atoms with Gasteiger partial charge < -0.3 is 10.1 Å². The van der Waals surface area contributed by atoms with Gasteiger partial charge in [-0.05, 0) is 31.9 Å². The number of hydrogen-bond donors (Lipinski definition) is 1. The first-order valence-corrected chi connectivity index (χ1v) is 9.48. The molecule has 1 amide bonds. The second-order valence-electron chi connectivity index (χ2n) is 5.46. The lowest BCUT2D eigenvalue weighted by Crippen LogP contribution is -2.49. The Kier molecular flexibility index (Phi) is 7.51. The van der Waals surface area contributed by atoms with Crippen molar-refractivity contribution in [2.24, 2.45) is 0 Å². The molecule has 1 N–H and O–H groups in total. The van der Waals surface area contributed by atoms with Gasteiger partial charge in [-0.3, -0.25) is 9.10 Å². The van der Waals surface area contributed by atoms with E-state index in [0.29, 0.717) is 31.7 Å². The van der Waals surface area contributed by atoms with Crippen molar-refractivity contribution in [1.82, 2.24) is 5.32 Å². The zero-order valence-corrected chi connectivity index (χ0v) is 15.0. The van der Waals surface area contributed by atoms with E-state index >= 15 is 0 Å². The van der Waals surface area contributed by atoms with Gasteiger partial charge in [0.2, 0.25) is 15.9 Å². The van der Waals surface area contributed by atoms with Gasteiger partial charge in [0, 0.05) is 20.3 Å². The minimum Gasteiger partial charge on any atom is -0.385 e. The molecule has 1 aromatic rings. The quantitative estimate of drug-likeness (QED) is 0.693. The predicted molar refractivity (Wildman–Crippen MR) is 92.1 cm³/mol. The minimum atomic E-state index is -3.57. The average molecular weight is 342 g/mol. The molecule has 1 atom stereocenters. The van der Waals surface area contributed by atoms with Gasteiger partial charge in [-0.1, -0.05) is 24.6 Å². The summed E-state index contributed by atoms with van der Waals surface area (Å²) in [5.41, 5.74) is 1.52. The summed E-state index contributed by atoms with van der Waals surface area (Å²) in [7, 11) is -1.98. The van der Waals surface area contributed by atoms with Gasteiger partial charge >= 0.3 is 0 Å². The molecule has 0 saturated carbocycles. The summed E-state index contributed by atoms with van der Waals surface area (Å²) in [6.07, 6.45) is 2.19. The van der Waals surface area contributed by atoms with Gasteiger partial charge in [-0.2, -0.15) is 0 Å². The van der Waals surface area contributed by atoms with Crippen LogP contribution in [0.3, 0.4) is 0 Å². The summed E-state index contributed by atoms with van der Waals surface area (Å²) in [6.45, 7) is 4.72. The monoisotopic (exact) mass is 342 g/mol. The van der Waals surface area contributed by atoms with Crippen LogP contribution in [0.15, 0.2) is 24.3 Å². The van der Waals surface area contributed by atoms with Gasteiger partial charge in [0.25, 0.3) is 0 Å². The van der Waals surface area contributed by atoms with E-state index in [1.165, 1.54) is 4.31 Å². The molecule has 0 saturated heterocycles. The Morgan fingerprint density at radius 1 is 1.30 bits per heavy atom. The van der Waals surface area contributed by atoms with Gasteiger partial charge in [0.15, 0.2) is 0 Å². The Morgan fingerprint density at radius 3 is 2.39 bits per heavy atom. The molecule has 23 heavy (non-hydrogen) atoms. The average Bonchev–Trinajstić information content (AvgIpc) is 2.49. The molecule has 1 aromatic carbocycles. The SMILES string of the molecule is CC[C@H](C(=O)NCCCOC)N(c1ccc(C)cc1)S(C)(=O)=O. The fraction of sp³-hybridized carbons (Fsp3) is 0.562. The maximum absolute atomic E-state index is 12.4. The first-order valence-electron chi connectivity index (χ1n) is 7.64. The van der Waals surface area contributed by atoms with Crippen LogP contribution in [-0.2, 0) is 19.6 Å². The zero-order chi connectivity index (χ0) is 17.5. The molecule has 7 heteroatoms. The van der Waals surface area contributed by atoms with Crippen LogP contribution in [-0.4, -0.2) is 46.9 Å². The molecule has 0 aliphatic rings. The highest BCUT2D eigenvalue weighted by atomic mass is 32.2. The zero-order valence-electron chi connectivity index (χ0n) is 14.2. The van der Waals surface area contributed by atoms with Crippen LogP contribution >= 0.6 is 0 Å². The molecule has 1 rings (SSSR count). The molecule has 0 aliphatic heterocycles. The van der Waals surface area contributed by atoms with Crippen molar-refractivity contribution in [2.45, 2.75) is 32.7 Å². The maximum atomic E-state index is 12.4. The van der Waals surface area contributed by atoms with Crippen molar-refractivity contribution < 1.29 is 17.9 Å². The number of aryl methyl sites for hydroxylation is 1. The number of carbonyl (C=O) groups excluding carboxylic acids is 1. The molecule has 0 heterocycles. The molecule has 0 aliphatic carbocycles. The molecule has 0 spiro atoms. The van der Waals surface area contributed by atoms with E-state index in [1.807, 2.05) is 19.1 Å². The number of amides is 1. The summed E-state index contributed by atoms with van der Waals surface area (Å²) in [5.74, 6) is -0.297. The Morgan fingerprint density at radius 2 is 1.91 bits per heavy atom. The van der Waals surface area contributed by atoms with Crippen molar-refractivity contribution in [2.75, 3.05) is 30.8 Å². The van der Waals surface area contributed by atoms with Crippen LogP contribution < -0.4 is 9.62 Å². The highest BCUT2D eigenvalue weighted by Crippen LogP contribution is 2.22. The number of rotatable bonds is 9. The van der Waals surface area contributed by atoms with Crippen molar-refractivity contribution >= 4 is 21.6 Å². The van der Waals surface area contributed by atoms with Crippen LogP contribution in [0.1, 0.15) is 25.3 Å². The lowest BCUT2D eigenvalue weighted by atomic mass is 10.1. The van der Waals surface area contributed by atoms with E-state index in [4.69, 9.17) is 4.74 Å². The summed E-state index contributed by atoms with van der Waals surface area (Å²) in [5, 5.41) is 2.78. The number of carbonyl (C=O) groups is 1. The Labute approximate surface area is 138 Å². The van der Waals surface area contributed by atoms with E-state index in [2.05, 4.69) is 5.32 Å². The van der Waals surface area contributed by atoms with Crippen LogP contribution in [0.4, 0.5) is 5.69 Å². The third-order valence-corrected chi connectivity index (χ3v) is 4.62. The number of benzene rings is 1. The van der Waals surface area contributed by atoms with E-state index in [0.717, 1.165) is 11.8 Å². The summed E-state index contributed by atoms with van der Waals surface area (Å²) in [4.78, 5) is 12.4. The molecule has 0 bridgehead atoms. The second kappa shape index (κ2) is 8.88. The van der Waals surface area contributed by atoms with Gasteiger partial charge in [-0.15, -0.1) is 0 Å². The molecule has 0 aromatic heterocycles. The highest BCUT2D eigenvalue weighted by molar-refractivity contribution is 7.92. The maximum Gasteiger partial charge on any atom is 0.243 e. The van der Waals surface area contributed by atoms with Gasteiger partial charge in [0.1, 0.15) is 6.04 Å². The summed E-state index contributed by atoms with van der Waals surface area (Å²) >= 11 is 0. The Balaban J connectivity index is 2.99. The molecule has 130 valence electrons. The van der Waals surface area contributed by atoms with E-state index < -0.39 is 16.1 Å². The van der Waals surface area contributed by atoms with Crippen molar-refractivity contribution in [1.29, 1.82) is 0 Å². The number of nitrogens with zero attached hydrogens (tertiary/aromatic N) is 1. The van der Waals surface area contributed by atoms with E-state index in [9.17, 15) is 13.2 Å². The normalized spacial score (nSPS) is 12.7. The first-order chi connectivity index (χ1) is 10.8. The number of nitrogens with one attached hydrogen (secondary N) is 1. The number of hydrogen-bond acceptors (Lipinski definition) is 4. The van der Waals surface area contributed by atoms with Crippen LogP contribution in [0.25, 0.3) is 0 Å². The molecule has 0 fully saturated rings. The van der Waals surface area contributed by atoms with Crippen LogP contribution in [0, 0.1) is 6.92 Å². The Hall–Kier alpha value is -1.60. The predicted octanol–water partition coefficient (Wildman–Crippen LogP) is 1.69. The van der Waals surface area contributed by atoms with E-state index in [1.54, 1.807) is 26.2 Å². The lowest BCUT2D eigenvalue weighted by Gasteiger charge is -2.30. The van der Waals surface area contributed by atoms with Gasteiger partial charge in [-0.25, -0.2) is 8.42 Å². The van der Waals surface area contributed by atoms with Crippen LogP contribution in [0.2, 0.25) is 0 Å². The number of methoxy groups -OCH3 is 1. The fourth-order valence-electron chi connectivity index (χ4n) is 2.30. The first kappa shape index (κ1) is 19.4. The molecule has 6 nitrogen and oxygen atoms in total. The fourth-order valence-corrected chi connectivity index (χ4v) is 3.51. The smallest absolute Gasteiger partial charge is 0.243 e. The standard InChI is InChI=1S/C16H26N2O4S/c1-5-15(16(19)17-11-6-12-22-3)18(23(4,20)21)14-9-7-13(2)8-10-14/h7-10,15H,5-6,11-12H2,1-4H3,(H,17,19)/t15-/m1/s1. The largest absolute Gasteiger partial charge is 0.385 e. The minimum absolute atomic E-state index is 0.297. The molecular weight excluding hydrogens is 316 g/mol. The van der Waals surface area contributed by atoms with E-state index in [-0.39, 0.29) is 5.91 Å². The summed E-state index contributed by atoms with van der Waals surface area (Å²) < 4.78 is 30.6. The van der Waals surface area contributed by atoms with Gasteiger partial charge in [0.05, 0.1) is 11.9 Å². The second-order valence-corrected chi connectivity index (χ2v) is 7.32. The topological polar surface area (TPSA) is 75.7 Å². The number of ether oxygens (including phenoxy) is 1. The lowest BCUT2D eigenvalue weighted by molar-refractivity contribution is -0.122. The Bertz CT molecular complexity index is 599. The summed E-state index contributed by atoms with van der Waals surface area (Å²) in [6, 6.07) is 6.33. The van der Waals surface area contributed by atoms with Crippen LogP contribution in [0.5, 0.6) is 0 Å². The van der Waals surface area contributed by atoms with Crippen molar-refractivity contribution in [3.05, 3.63) is 29.8 Å². The number of sulfonamides is 1. The van der Waals surface area contributed by atoms with Crippen molar-refractivity contribution in [3.8, 4) is 0 Å². The highest BCUT2D eigenvalue weighted by Gasteiger charge is 2.31. The molecule has 0 radical (unpaired) electrons. The molecule has 0 unspecified atom stereocenters. The molecular formula is C16H26N2O4S. The third kappa shape index (κ3) is 5.84. The third-order valence-electron chi connectivity index (χ3n) is 3.44.